The summed E-state index contributed by atoms with van der Waals surface area (Å²) < 4.78 is 13.6. The second-order valence-corrected chi connectivity index (χ2v) is 9.69. The average molecular weight is 590 g/mol. The summed E-state index contributed by atoms with van der Waals surface area (Å²) in [6, 6.07) is 11.8. The molecule has 0 spiro atoms. The number of nitrogens with zero attached hydrogens (tertiary/aromatic N) is 2. The van der Waals surface area contributed by atoms with E-state index in [2.05, 4.69) is 4.99 Å². The van der Waals surface area contributed by atoms with Crippen molar-refractivity contribution in [3.8, 4) is 11.5 Å². The first-order valence-corrected chi connectivity index (χ1v) is 12.6. The van der Waals surface area contributed by atoms with Crippen LogP contribution in [0.2, 0.25) is 0 Å². The second kappa shape index (κ2) is 10.1. The maximum Gasteiger partial charge on any atom is 0.338 e. The number of fused-ring (bicyclic) bond motifs is 1. The first-order chi connectivity index (χ1) is 16.3. The highest BCUT2D eigenvalue weighted by atomic mass is 127. The van der Waals surface area contributed by atoms with Gasteiger partial charge in [0.05, 0.1) is 38.6 Å². The van der Waals surface area contributed by atoms with Gasteiger partial charge in [0.2, 0.25) is 0 Å². The fraction of sp³-hybridized carbons (Fsp3) is 0.240. The summed E-state index contributed by atoms with van der Waals surface area (Å²) in [4.78, 5) is 31.6. The van der Waals surface area contributed by atoms with Gasteiger partial charge in [-0.15, -0.1) is 0 Å². The van der Waals surface area contributed by atoms with Crippen LogP contribution >= 0.6 is 33.9 Å². The van der Waals surface area contributed by atoms with E-state index in [0.717, 1.165) is 11.1 Å². The van der Waals surface area contributed by atoms with Gasteiger partial charge in [-0.25, -0.2) is 9.79 Å². The summed E-state index contributed by atoms with van der Waals surface area (Å²) in [6.07, 6.45) is 1.77. The summed E-state index contributed by atoms with van der Waals surface area (Å²) >= 11 is 3.30. The van der Waals surface area contributed by atoms with E-state index in [1.165, 1.54) is 11.3 Å². The van der Waals surface area contributed by atoms with Gasteiger partial charge in [-0.2, -0.15) is 0 Å². The molecule has 1 aliphatic rings. The summed E-state index contributed by atoms with van der Waals surface area (Å²) in [6.45, 7) is 6.17. The van der Waals surface area contributed by atoms with Gasteiger partial charge in [-0.05, 0) is 84.8 Å². The summed E-state index contributed by atoms with van der Waals surface area (Å²) in [5, 5.41) is 9.81. The molecular weight excluding hydrogens is 567 g/mol. The van der Waals surface area contributed by atoms with E-state index in [1.54, 1.807) is 42.7 Å². The molecule has 4 rings (SSSR count). The Balaban J connectivity index is 1.91. The number of carbonyl (C=O) groups is 1. The zero-order chi connectivity index (χ0) is 24.4. The first kappa shape index (κ1) is 24.2. The molecule has 176 valence electrons. The SMILES string of the molecule is CCOC(=O)C1=C(C)N=c2s/c(=C/c3ccc(O)c(I)c3)c(=O)n2C1c1ccc(OCC)cc1. The number of allylic oxidation sites excluding steroid dienone is 1. The van der Waals surface area contributed by atoms with Gasteiger partial charge in [0.25, 0.3) is 5.56 Å². The number of hydrogen-bond donors (Lipinski definition) is 1. The third kappa shape index (κ3) is 4.67. The number of aromatic hydroxyl groups is 1. The lowest BCUT2D eigenvalue weighted by atomic mass is 9.96. The Kier molecular flexibility index (Phi) is 7.22. The van der Waals surface area contributed by atoms with Crippen LogP contribution in [0.1, 0.15) is 37.9 Å². The molecule has 34 heavy (non-hydrogen) atoms. The van der Waals surface area contributed by atoms with Crippen LogP contribution < -0.4 is 19.6 Å². The standard InChI is InChI=1S/C25H23IN2O5S/c1-4-32-17-9-7-16(8-10-17)22-21(24(31)33-5-2)14(3)27-25-28(22)23(30)20(34-25)13-15-6-11-19(29)18(26)12-15/h6-13,22,29H,4-5H2,1-3H3/b20-13+. The van der Waals surface area contributed by atoms with E-state index in [9.17, 15) is 14.7 Å². The predicted molar refractivity (Wildman–Crippen MR) is 139 cm³/mol. The molecule has 0 saturated heterocycles. The van der Waals surface area contributed by atoms with Crippen LogP contribution in [0.4, 0.5) is 0 Å². The highest BCUT2D eigenvalue weighted by molar-refractivity contribution is 14.1. The van der Waals surface area contributed by atoms with Crippen LogP contribution in [0.3, 0.4) is 0 Å². The molecule has 3 aromatic rings. The number of hydrogen-bond acceptors (Lipinski definition) is 7. The zero-order valence-electron chi connectivity index (χ0n) is 18.9. The van der Waals surface area contributed by atoms with Crippen molar-refractivity contribution in [1.29, 1.82) is 0 Å². The van der Waals surface area contributed by atoms with Crippen LogP contribution in [-0.4, -0.2) is 28.9 Å². The molecule has 1 aromatic heterocycles. The van der Waals surface area contributed by atoms with Gasteiger partial charge < -0.3 is 14.6 Å². The van der Waals surface area contributed by atoms with Gasteiger partial charge in [0.1, 0.15) is 11.5 Å². The van der Waals surface area contributed by atoms with Crippen molar-refractivity contribution in [2.75, 3.05) is 13.2 Å². The van der Waals surface area contributed by atoms with Crippen molar-refractivity contribution >= 4 is 46.0 Å². The smallest absolute Gasteiger partial charge is 0.338 e. The van der Waals surface area contributed by atoms with E-state index in [0.29, 0.717) is 36.5 Å². The maximum atomic E-state index is 13.6. The molecule has 0 amide bonds. The van der Waals surface area contributed by atoms with Crippen molar-refractivity contribution < 1.29 is 19.4 Å². The molecule has 0 radical (unpaired) electrons. The van der Waals surface area contributed by atoms with Gasteiger partial charge in [0.15, 0.2) is 4.80 Å². The Morgan fingerprint density at radius 1 is 1.21 bits per heavy atom. The molecule has 2 aromatic carbocycles. The van der Waals surface area contributed by atoms with Gasteiger partial charge in [0, 0.05) is 0 Å². The number of phenolic OH excluding ortho intramolecular Hbond substituents is 1. The highest BCUT2D eigenvalue weighted by Crippen LogP contribution is 2.31. The molecule has 1 unspecified atom stereocenters. The molecule has 9 heteroatoms. The van der Waals surface area contributed by atoms with Gasteiger partial charge in [-0.1, -0.05) is 29.5 Å². The fourth-order valence-electron chi connectivity index (χ4n) is 3.78. The topological polar surface area (TPSA) is 90.1 Å². The lowest BCUT2D eigenvalue weighted by Gasteiger charge is -2.24. The summed E-state index contributed by atoms with van der Waals surface area (Å²) in [5.74, 6) is 0.397. The lowest BCUT2D eigenvalue weighted by molar-refractivity contribution is -0.139. The Labute approximate surface area is 213 Å². The Hall–Kier alpha value is -2.92. The molecule has 2 heterocycles. The fourth-order valence-corrected chi connectivity index (χ4v) is 5.37. The number of esters is 1. The van der Waals surface area contributed by atoms with Gasteiger partial charge >= 0.3 is 5.97 Å². The number of benzene rings is 2. The van der Waals surface area contributed by atoms with Crippen LogP contribution in [0.25, 0.3) is 6.08 Å². The molecule has 0 saturated carbocycles. The number of ether oxygens (including phenoxy) is 2. The Bertz CT molecular complexity index is 1450. The van der Waals surface area contributed by atoms with Crippen LogP contribution in [0, 0.1) is 3.57 Å². The number of halogens is 1. The quantitative estimate of drug-likeness (QED) is 0.351. The van der Waals surface area contributed by atoms with E-state index < -0.39 is 12.0 Å². The molecule has 0 aliphatic carbocycles. The third-order valence-corrected chi connectivity index (χ3v) is 7.14. The molecular formula is C25H23IN2O5S. The normalized spacial score (nSPS) is 15.6. The van der Waals surface area contributed by atoms with Crippen molar-refractivity contribution in [3.05, 3.63) is 88.1 Å². The second-order valence-electron chi connectivity index (χ2n) is 7.52. The maximum absolute atomic E-state index is 13.6. The monoisotopic (exact) mass is 590 g/mol. The van der Waals surface area contributed by atoms with Crippen molar-refractivity contribution in [1.82, 2.24) is 4.57 Å². The molecule has 1 N–H and O–H groups in total. The average Bonchev–Trinajstić information content (AvgIpc) is 3.10. The van der Waals surface area contributed by atoms with E-state index >= 15 is 0 Å². The lowest BCUT2D eigenvalue weighted by Crippen LogP contribution is -2.39. The van der Waals surface area contributed by atoms with Gasteiger partial charge in [-0.3, -0.25) is 9.36 Å². The number of rotatable bonds is 6. The molecule has 1 atom stereocenters. The van der Waals surface area contributed by atoms with Crippen molar-refractivity contribution in [3.63, 3.8) is 0 Å². The van der Waals surface area contributed by atoms with E-state index in [-0.39, 0.29) is 17.9 Å². The molecule has 0 bridgehead atoms. The third-order valence-electron chi connectivity index (χ3n) is 5.29. The molecule has 1 aliphatic heterocycles. The van der Waals surface area contributed by atoms with E-state index in [4.69, 9.17) is 9.47 Å². The van der Waals surface area contributed by atoms with Crippen molar-refractivity contribution in [2.24, 2.45) is 4.99 Å². The number of thiazole rings is 1. The zero-order valence-corrected chi connectivity index (χ0v) is 21.8. The molecule has 7 nitrogen and oxygen atoms in total. The van der Waals surface area contributed by atoms with Crippen LogP contribution in [0.15, 0.2) is 63.5 Å². The number of aromatic nitrogens is 1. The minimum Gasteiger partial charge on any atom is -0.507 e. The summed E-state index contributed by atoms with van der Waals surface area (Å²) in [5.41, 5.74) is 2.15. The highest BCUT2D eigenvalue weighted by Gasteiger charge is 2.33. The van der Waals surface area contributed by atoms with Crippen LogP contribution in [0.5, 0.6) is 11.5 Å². The Morgan fingerprint density at radius 3 is 2.59 bits per heavy atom. The van der Waals surface area contributed by atoms with E-state index in [1.807, 2.05) is 53.8 Å². The minimum absolute atomic E-state index is 0.185. The summed E-state index contributed by atoms with van der Waals surface area (Å²) in [7, 11) is 0. The number of phenols is 1. The molecule has 0 fully saturated rings. The van der Waals surface area contributed by atoms with Crippen molar-refractivity contribution in [2.45, 2.75) is 26.8 Å². The Morgan fingerprint density at radius 2 is 1.94 bits per heavy atom. The number of carbonyl (C=O) groups excluding carboxylic acids is 1. The first-order valence-electron chi connectivity index (χ1n) is 10.7. The largest absolute Gasteiger partial charge is 0.507 e. The predicted octanol–water partition coefficient (Wildman–Crippen LogP) is 3.51. The van der Waals surface area contributed by atoms with Crippen LogP contribution in [-0.2, 0) is 9.53 Å². The minimum atomic E-state index is -0.673.